The molecule has 4 nitrogen and oxygen atoms in total. The summed E-state index contributed by atoms with van der Waals surface area (Å²) in [5.74, 6) is 0.121. The molecule has 0 saturated carbocycles. The van der Waals surface area contributed by atoms with E-state index >= 15 is 0 Å². The van der Waals surface area contributed by atoms with Crippen molar-refractivity contribution < 1.29 is 9.18 Å². The average molecular weight is 321 g/mol. The molecule has 118 valence electrons. The minimum atomic E-state index is -0.277. The van der Waals surface area contributed by atoms with Crippen LogP contribution in [0.3, 0.4) is 0 Å². The second-order valence-corrected chi connectivity index (χ2v) is 6.36. The molecule has 0 atom stereocenters. The Kier molecular flexibility index (Phi) is 5.49. The van der Waals surface area contributed by atoms with Crippen LogP contribution in [0.4, 0.5) is 9.18 Å². The Morgan fingerprint density at radius 1 is 1.36 bits per heavy atom. The molecule has 0 aliphatic heterocycles. The monoisotopic (exact) mass is 321 g/mol. The lowest BCUT2D eigenvalue weighted by atomic mass is 10.2. The number of hydrogen-bond acceptors (Lipinski definition) is 3. The maximum absolute atomic E-state index is 12.9. The smallest absolute Gasteiger partial charge is 0.317 e. The number of rotatable bonds is 5. The summed E-state index contributed by atoms with van der Waals surface area (Å²) in [7, 11) is 1.71. The standard InChI is InChI=1S/C16H20FN3OS/c1-11(2)15-19-14(10-22-15)8-18-16(21)20(3)9-12-4-6-13(17)7-5-12/h4-7,10-11H,8-9H2,1-3H3,(H,18,21). The number of carbonyl (C=O) groups excluding carboxylic acids is 1. The fourth-order valence-corrected chi connectivity index (χ4v) is 2.74. The topological polar surface area (TPSA) is 45.2 Å². The van der Waals surface area contributed by atoms with Gasteiger partial charge in [0.25, 0.3) is 0 Å². The predicted molar refractivity (Wildman–Crippen MR) is 86.3 cm³/mol. The second kappa shape index (κ2) is 7.35. The quantitative estimate of drug-likeness (QED) is 0.911. The van der Waals surface area contributed by atoms with Crippen LogP contribution < -0.4 is 5.32 Å². The Hall–Kier alpha value is -1.95. The second-order valence-electron chi connectivity index (χ2n) is 5.47. The highest BCUT2D eigenvalue weighted by Gasteiger charge is 2.11. The van der Waals surface area contributed by atoms with Gasteiger partial charge in [0.1, 0.15) is 5.82 Å². The number of benzene rings is 1. The lowest BCUT2D eigenvalue weighted by Gasteiger charge is -2.17. The van der Waals surface area contributed by atoms with Gasteiger partial charge in [-0.3, -0.25) is 0 Å². The van der Waals surface area contributed by atoms with Crippen LogP contribution >= 0.6 is 11.3 Å². The minimum Gasteiger partial charge on any atom is -0.332 e. The number of urea groups is 1. The number of nitrogens with zero attached hydrogens (tertiary/aromatic N) is 2. The van der Waals surface area contributed by atoms with Crippen molar-refractivity contribution in [1.82, 2.24) is 15.2 Å². The maximum atomic E-state index is 12.9. The Balaban J connectivity index is 1.84. The van der Waals surface area contributed by atoms with E-state index in [9.17, 15) is 9.18 Å². The van der Waals surface area contributed by atoms with E-state index in [1.165, 1.54) is 12.1 Å². The van der Waals surface area contributed by atoms with Crippen molar-refractivity contribution in [3.8, 4) is 0 Å². The third kappa shape index (κ3) is 4.53. The highest BCUT2D eigenvalue weighted by Crippen LogP contribution is 2.19. The van der Waals surface area contributed by atoms with E-state index in [0.717, 1.165) is 16.3 Å². The first kappa shape index (κ1) is 16.4. The number of thiazole rings is 1. The SMILES string of the molecule is CC(C)c1nc(CNC(=O)N(C)Cc2ccc(F)cc2)cs1. The average Bonchev–Trinajstić information content (AvgIpc) is 2.96. The van der Waals surface area contributed by atoms with Crippen molar-refractivity contribution >= 4 is 17.4 Å². The van der Waals surface area contributed by atoms with Gasteiger partial charge >= 0.3 is 6.03 Å². The molecule has 1 aromatic carbocycles. The van der Waals surface area contributed by atoms with Crippen LogP contribution in [0.15, 0.2) is 29.6 Å². The first-order valence-electron chi connectivity index (χ1n) is 7.13. The molecule has 0 fully saturated rings. The van der Waals surface area contributed by atoms with Crippen molar-refractivity contribution in [3.05, 3.63) is 51.7 Å². The first-order valence-corrected chi connectivity index (χ1v) is 8.01. The van der Waals surface area contributed by atoms with Gasteiger partial charge in [-0.25, -0.2) is 14.2 Å². The lowest BCUT2D eigenvalue weighted by molar-refractivity contribution is 0.206. The Labute approximate surface area is 134 Å². The molecule has 0 bridgehead atoms. The van der Waals surface area contributed by atoms with Gasteiger partial charge in [-0.05, 0) is 17.7 Å². The summed E-state index contributed by atoms with van der Waals surface area (Å²) in [5.41, 5.74) is 1.76. The van der Waals surface area contributed by atoms with E-state index in [1.54, 1.807) is 35.4 Å². The van der Waals surface area contributed by atoms with E-state index in [2.05, 4.69) is 24.1 Å². The molecule has 22 heavy (non-hydrogen) atoms. The molecular formula is C16H20FN3OS. The number of amides is 2. The summed E-state index contributed by atoms with van der Waals surface area (Å²) in [6.07, 6.45) is 0. The van der Waals surface area contributed by atoms with E-state index in [0.29, 0.717) is 19.0 Å². The van der Waals surface area contributed by atoms with Gasteiger partial charge < -0.3 is 10.2 Å². The largest absolute Gasteiger partial charge is 0.332 e. The van der Waals surface area contributed by atoms with Crippen molar-refractivity contribution in [2.45, 2.75) is 32.9 Å². The molecule has 0 radical (unpaired) electrons. The molecule has 0 spiro atoms. The van der Waals surface area contributed by atoms with Gasteiger partial charge in [0, 0.05) is 24.9 Å². The van der Waals surface area contributed by atoms with Gasteiger partial charge in [0.05, 0.1) is 17.2 Å². The molecule has 6 heteroatoms. The zero-order valence-electron chi connectivity index (χ0n) is 13.0. The van der Waals surface area contributed by atoms with Gasteiger partial charge in [-0.15, -0.1) is 11.3 Å². The van der Waals surface area contributed by atoms with E-state index in [1.807, 2.05) is 5.38 Å². The van der Waals surface area contributed by atoms with Gasteiger partial charge in [-0.1, -0.05) is 26.0 Å². The van der Waals surface area contributed by atoms with Crippen LogP contribution in [-0.4, -0.2) is 23.0 Å². The molecule has 1 heterocycles. The minimum absolute atomic E-state index is 0.177. The van der Waals surface area contributed by atoms with E-state index < -0.39 is 0 Å². The van der Waals surface area contributed by atoms with Crippen LogP contribution in [-0.2, 0) is 13.1 Å². The highest BCUT2D eigenvalue weighted by molar-refractivity contribution is 7.09. The molecule has 2 aromatic rings. The van der Waals surface area contributed by atoms with Gasteiger partial charge in [-0.2, -0.15) is 0 Å². The number of hydrogen-bond donors (Lipinski definition) is 1. The molecule has 1 aromatic heterocycles. The molecular weight excluding hydrogens is 301 g/mol. The molecule has 2 amide bonds. The van der Waals surface area contributed by atoms with E-state index in [-0.39, 0.29) is 11.8 Å². The number of halogens is 1. The lowest BCUT2D eigenvalue weighted by Crippen LogP contribution is -2.36. The first-order chi connectivity index (χ1) is 10.5. The Morgan fingerprint density at radius 3 is 2.64 bits per heavy atom. The Morgan fingerprint density at radius 2 is 2.05 bits per heavy atom. The molecule has 1 N–H and O–H groups in total. The summed E-state index contributed by atoms with van der Waals surface area (Å²) < 4.78 is 12.9. The van der Waals surface area contributed by atoms with Crippen molar-refractivity contribution in [3.63, 3.8) is 0 Å². The van der Waals surface area contributed by atoms with Crippen LogP contribution in [0.2, 0.25) is 0 Å². The normalized spacial score (nSPS) is 10.8. The Bertz CT molecular complexity index is 625. The molecule has 0 unspecified atom stereocenters. The summed E-state index contributed by atoms with van der Waals surface area (Å²) in [5, 5.41) is 5.88. The summed E-state index contributed by atoms with van der Waals surface area (Å²) >= 11 is 1.61. The maximum Gasteiger partial charge on any atom is 0.317 e. The van der Waals surface area contributed by atoms with Crippen molar-refractivity contribution in [1.29, 1.82) is 0 Å². The third-order valence-corrected chi connectivity index (χ3v) is 4.36. The van der Waals surface area contributed by atoms with E-state index in [4.69, 9.17) is 0 Å². The highest BCUT2D eigenvalue weighted by atomic mass is 32.1. The number of nitrogens with one attached hydrogen (secondary N) is 1. The summed E-state index contributed by atoms with van der Waals surface area (Å²) in [6, 6.07) is 5.96. The molecule has 2 rings (SSSR count). The van der Waals surface area contributed by atoms with Crippen LogP contribution in [0.5, 0.6) is 0 Å². The fraction of sp³-hybridized carbons (Fsp3) is 0.375. The van der Waals surface area contributed by atoms with Crippen LogP contribution in [0.25, 0.3) is 0 Å². The summed E-state index contributed by atoms with van der Waals surface area (Å²) in [4.78, 5) is 18.1. The van der Waals surface area contributed by atoms with Gasteiger partial charge in [0.2, 0.25) is 0 Å². The van der Waals surface area contributed by atoms with Gasteiger partial charge in [0.15, 0.2) is 0 Å². The molecule has 0 aliphatic carbocycles. The third-order valence-electron chi connectivity index (χ3n) is 3.16. The molecule has 0 aliphatic rings. The van der Waals surface area contributed by atoms with Crippen LogP contribution in [0, 0.1) is 5.82 Å². The fourth-order valence-electron chi connectivity index (χ4n) is 1.91. The van der Waals surface area contributed by atoms with Crippen molar-refractivity contribution in [2.24, 2.45) is 0 Å². The van der Waals surface area contributed by atoms with Crippen molar-refractivity contribution in [2.75, 3.05) is 7.05 Å². The van der Waals surface area contributed by atoms with Crippen LogP contribution in [0.1, 0.15) is 36.0 Å². The number of aromatic nitrogens is 1. The number of carbonyl (C=O) groups is 1. The molecule has 0 saturated heterocycles. The zero-order chi connectivity index (χ0) is 16.1. The zero-order valence-corrected chi connectivity index (χ0v) is 13.8. The summed E-state index contributed by atoms with van der Waals surface area (Å²) in [6.45, 7) is 5.03. The predicted octanol–water partition coefficient (Wildman–Crippen LogP) is 3.75.